The maximum Gasteiger partial charge on any atom is 0.339 e. The zero-order valence-electron chi connectivity index (χ0n) is 22.7. The van der Waals surface area contributed by atoms with Crippen LogP contribution in [0.25, 0.3) is 5.57 Å². The molecule has 6 atom stereocenters. The van der Waals surface area contributed by atoms with Gasteiger partial charge < -0.3 is 19.3 Å². The van der Waals surface area contributed by atoms with Crippen LogP contribution in [0.15, 0.2) is 42.0 Å². The van der Waals surface area contributed by atoms with Crippen molar-refractivity contribution in [1.82, 2.24) is 0 Å². The third-order valence-corrected chi connectivity index (χ3v) is 8.04. The Morgan fingerprint density at radius 1 is 1.03 bits per heavy atom. The summed E-state index contributed by atoms with van der Waals surface area (Å²) in [5.74, 6) is -0.0581. The van der Waals surface area contributed by atoms with E-state index in [-0.39, 0.29) is 30.0 Å². The SMILES string of the molecule is C/C1=C\C[C@@H]2CC(C[C@]3(CC[C@H](C)[C@@H](C)O3)O2)OC(=O)c2cc(C)c(O)cc2/C(C)=C/C=C/[C@H](C)C1. The fourth-order valence-electron chi connectivity index (χ4n) is 5.67. The highest BCUT2D eigenvalue weighted by atomic mass is 16.7. The number of allylic oxidation sites excluding steroid dienone is 5. The van der Waals surface area contributed by atoms with Gasteiger partial charge in [-0.05, 0) is 87.6 Å². The molecular weight excluding hydrogens is 452 g/mol. The number of fused-ring (bicyclic) bond motifs is 3. The van der Waals surface area contributed by atoms with E-state index in [1.54, 1.807) is 19.1 Å². The van der Waals surface area contributed by atoms with Gasteiger partial charge in [-0.15, -0.1) is 0 Å². The molecule has 1 aromatic rings. The summed E-state index contributed by atoms with van der Waals surface area (Å²) in [5, 5.41) is 10.4. The van der Waals surface area contributed by atoms with Gasteiger partial charge in [0, 0.05) is 19.3 Å². The first kappa shape index (κ1) is 26.7. The smallest absolute Gasteiger partial charge is 0.339 e. The van der Waals surface area contributed by atoms with Crippen molar-refractivity contribution in [2.75, 3.05) is 0 Å². The molecule has 5 heteroatoms. The molecule has 5 nitrogen and oxygen atoms in total. The number of benzene rings is 1. The third-order valence-electron chi connectivity index (χ3n) is 8.04. The molecule has 2 fully saturated rings. The topological polar surface area (TPSA) is 65.0 Å². The summed E-state index contributed by atoms with van der Waals surface area (Å²) in [4.78, 5) is 13.6. The lowest BCUT2D eigenvalue weighted by Gasteiger charge is -2.49. The number of carbonyl (C=O) groups excluding carboxylic acids is 1. The summed E-state index contributed by atoms with van der Waals surface area (Å²) in [6.07, 6.45) is 13.0. The zero-order valence-corrected chi connectivity index (χ0v) is 22.7. The van der Waals surface area contributed by atoms with Gasteiger partial charge in [0.05, 0.1) is 17.8 Å². The molecule has 1 unspecified atom stereocenters. The summed E-state index contributed by atoms with van der Waals surface area (Å²) in [5.41, 5.74) is 4.05. The van der Waals surface area contributed by atoms with Crippen LogP contribution in [0.5, 0.6) is 5.75 Å². The van der Waals surface area contributed by atoms with Crippen molar-refractivity contribution in [2.24, 2.45) is 11.8 Å². The van der Waals surface area contributed by atoms with E-state index < -0.39 is 5.79 Å². The summed E-state index contributed by atoms with van der Waals surface area (Å²) in [6, 6.07) is 3.41. The van der Waals surface area contributed by atoms with Crippen LogP contribution < -0.4 is 0 Å². The van der Waals surface area contributed by atoms with Crippen molar-refractivity contribution in [1.29, 1.82) is 0 Å². The van der Waals surface area contributed by atoms with E-state index in [2.05, 4.69) is 39.8 Å². The molecule has 0 aromatic heterocycles. The van der Waals surface area contributed by atoms with Gasteiger partial charge >= 0.3 is 5.97 Å². The molecule has 4 rings (SSSR count). The first-order chi connectivity index (χ1) is 17.0. The Bertz CT molecular complexity index is 1070. The number of ether oxygens (including phenoxy) is 3. The van der Waals surface area contributed by atoms with Crippen LogP contribution in [0, 0.1) is 18.8 Å². The van der Waals surface area contributed by atoms with Crippen molar-refractivity contribution < 1.29 is 24.1 Å². The molecule has 0 saturated carbocycles. The Hall–Kier alpha value is -2.37. The quantitative estimate of drug-likeness (QED) is 0.303. The highest BCUT2D eigenvalue weighted by Crippen LogP contribution is 2.43. The van der Waals surface area contributed by atoms with Gasteiger partial charge in [0.25, 0.3) is 0 Å². The Balaban J connectivity index is 1.72. The maximum atomic E-state index is 13.6. The number of hydrogen-bond acceptors (Lipinski definition) is 5. The lowest BCUT2D eigenvalue weighted by atomic mass is 9.86. The first-order valence-electron chi connectivity index (χ1n) is 13.5. The van der Waals surface area contributed by atoms with Gasteiger partial charge in [0.1, 0.15) is 11.9 Å². The zero-order chi connectivity index (χ0) is 26.0. The fraction of sp³-hybridized carbons (Fsp3) is 0.581. The van der Waals surface area contributed by atoms with Crippen LogP contribution in [0.4, 0.5) is 0 Å². The highest BCUT2D eigenvalue weighted by Gasteiger charge is 2.47. The van der Waals surface area contributed by atoms with Crippen molar-refractivity contribution >= 4 is 11.5 Å². The molecule has 0 radical (unpaired) electrons. The number of esters is 1. The van der Waals surface area contributed by atoms with E-state index in [0.717, 1.165) is 31.3 Å². The molecular formula is C31H42O5. The normalized spacial score (nSPS) is 37.7. The molecule has 1 spiro atoms. The second-order valence-corrected chi connectivity index (χ2v) is 11.3. The maximum absolute atomic E-state index is 13.6. The van der Waals surface area contributed by atoms with Gasteiger partial charge in [0.2, 0.25) is 0 Å². The van der Waals surface area contributed by atoms with Gasteiger partial charge in [-0.1, -0.05) is 43.7 Å². The number of aromatic hydroxyl groups is 1. The number of aryl methyl sites for hydroxylation is 1. The van der Waals surface area contributed by atoms with Crippen molar-refractivity contribution in [3.05, 3.63) is 58.7 Å². The predicted octanol–water partition coefficient (Wildman–Crippen LogP) is 7.27. The number of phenolic OH excluding ortho intramolecular Hbond substituents is 1. The van der Waals surface area contributed by atoms with Gasteiger partial charge in [-0.2, -0.15) is 0 Å². The van der Waals surface area contributed by atoms with Crippen LogP contribution >= 0.6 is 0 Å². The minimum Gasteiger partial charge on any atom is -0.508 e. The van der Waals surface area contributed by atoms with E-state index in [4.69, 9.17) is 14.2 Å². The Kier molecular flexibility index (Phi) is 8.11. The summed E-state index contributed by atoms with van der Waals surface area (Å²) >= 11 is 0. The molecule has 196 valence electrons. The van der Waals surface area contributed by atoms with E-state index in [9.17, 15) is 9.90 Å². The summed E-state index contributed by atoms with van der Waals surface area (Å²) in [7, 11) is 0. The molecule has 36 heavy (non-hydrogen) atoms. The fourth-order valence-corrected chi connectivity index (χ4v) is 5.67. The molecule has 0 amide bonds. The van der Waals surface area contributed by atoms with Crippen molar-refractivity contribution in [3.8, 4) is 5.75 Å². The number of carbonyl (C=O) groups is 1. The number of rotatable bonds is 0. The molecule has 1 N–H and O–H groups in total. The molecule has 3 aliphatic heterocycles. The minimum absolute atomic E-state index is 0.0754. The van der Waals surface area contributed by atoms with Crippen LogP contribution in [0.1, 0.15) is 94.6 Å². The van der Waals surface area contributed by atoms with E-state index >= 15 is 0 Å². The average Bonchev–Trinajstić information content (AvgIpc) is 2.81. The average molecular weight is 495 g/mol. The van der Waals surface area contributed by atoms with Crippen molar-refractivity contribution in [3.63, 3.8) is 0 Å². The first-order valence-corrected chi connectivity index (χ1v) is 13.5. The van der Waals surface area contributed by atoms with Gasteiger partial charge in [0.15, 0.2) is 5.79 Å². The lowest BCUT2D eigenvalue weighted by Crippen LogP contribution is -2.53. The standard InChI is InChI=1S/C31H42O5/c1-19-8-7-9-22(4)27-17-29(32)23(5)15-28(27)30(33)34-26-16-25(11-10-20(2)14-19)36-31(18-26)13-12-21(3)24(6)35-31/h7-10,15,17,19,21,24-26,32H,11-14,16,18H2,1-6H3/b8-7+,20-10+,22-9+/t19-,21-,24+,25+,26?,31-/m0/s1. The monoisotopic (exact) mass is 494 g/mol. The molecule has 2 bridgehead atoms. The van der Waals surface area contributed by atoms with Crippen LogP contribution in [-0.4, -0.2) is 35.2 Å². The van der Waals surface area contributed by atoms with Crippen LogP contribution in [0.2, 0.25) is 0 Å². The van der Waals surface area contributed by atoms with Crippen LogP contribution in [0.3, 0.4) is 0 Å². The van der Waals surface area contributed by atoms with Crippen LogP contribution in [-0.2, 0) is 14.2 Å². The van der Waals surface area contributed by atoms with Gasteiger partial charge in [-0.3, -0.25) is 0 Å². The Labute approximate surface area is 216 Å². The second kappa shape index (κ2) is 10.9. The third kappa shape index (κ3) is 6.12. The second-order valence-electron chi connectivity index (χ2n) is 11.3. The minimum atomic E-state index is -0.716. The molecule has 1 aromatic carbocycles. The van der Waals surface area contributed by atoms with E-state index in [0.29, 0.717) is 41.4 Å². The molecule has 3 aliphatic rings. The lowest BCUT2D eigenvalue weighted by molar-refractivity contribution is -0.331. The molecule has 2 saturated heterocycles. The summed E-state index contributed by atoms with van der Waals surface area (Å²) < 4.78 is 19.3. The Morgan fingerprint density at radius 2 is 1.81 bits per heavy atom. The summed E-state index contributed by atoms with van der Waals surface area (Å²) in [6.45, 7) is 12.5. The molecule has 0 aliphatic carbocycles. The number of phenols is 1. The number of hydrogen-bond donors (Lipinski definition) is 1. The van der Waals surface area contributed by atoms with Gasteiger partial charge in [-0.25, -0.2) is 4.79 Å². The van der Waals surface area contributed by atoms with E-state index in [1.807, 2.05) is 19.1 Å². The Morgan fingerprint density at radius 3 is 2.56 bits per heavy atom. The largest absolute Gasteiger partial charge is 0.508 e. The van der Waals surface area contributed by atoms with E-state index in [1.165, 1.54) is 5.57 Å². The van der Waals surface area contributed by atoms with Crippen molar-refractivity contribution in [2.45, 2.75) is 104 Å². The predicted molar refractivity (Wildman–Crippen MR) is 143 cm³/mol. The molecule has 3 heterocycles. The highest BCUT2D eigenvalue weighted by molar-refractivity contribution is 5.96.